The number of allylic oxidation sites excluding steroid dienone is 1. The minimum absolute atomic E-state index is 0.144. The van der Waals surface area contributed by atoms with Gasteiger partial charge in [0.05, 0.1) is 0 Å². The lowest BCUT2D eigenvalue weighted by atomic mass is 9.97. The van der Waals surface area contributed by atoms with Crippen molar-refractivity contribution >= 4 is 17.0 Å². The molecule has 0 N–H and O–H groups in total. The lowest BCUT2D eigenvalue weighted by Crippen LogP contribution is -2.23. The van der Waals surface area contributed by atoms with Crippen molar-refractivity contribution in [2.45, 2.75) is 6.92 Å². The molecule has 0 saturated heterocycles. The van der Waals surface area contributed by atoms with Crippen LogP contribution in [-0.4, -0.2) is 19.4 Å². The summed E-state index contributed by atoms with van der Waals surface area (Å²) in [6.45, 7) is 2.43. The molecule has 0 aromatic heterocycles. The van der Waals surface area contributed by atoms with Crippen molar-refractivity contribution in [1.29, 1.82) is 0 Å². The van der Waals surface area contributed by atoms with Crippen LogP contribution in [0.25, 0.3) is 5.57 Å². The van der Waals surface area contributed by atoms with Gasteiger partial charge in [-0.3, -0.25) is 4.79 Å². The van der Waals surface area contributed by atoms with E-state index in [1.165, 1.54) is 0 Å². The van der Waals surface area contributed by atoms with E-state index in [1.54, 1.807) is 6.92 Å². The van der Waals surface area contributed by atoms with Crippen molar-refractivity contribution in [3.8, 4) is 0 Å². The molecule has 0 unspecified atom stereocenters. The minimum Gasteiger partial charge on any atom is -0.370 e. The molecule has 1 aliphatic rings. The van der Waals surface area contributed by atoms with Crippen LogP contribution in [0, 0.1) is 0 Å². The molecular formula is C12H13NO. The van der Waals surface area contributed by atoms with Gasteiger partial charge in [-0.05, 0) is 13.0 Å². The Hall–Kier alpha value is -1.57. The smallest absolute Gasteiger partial charge is 0.160 e. The van der Waals surface area contributed by atoms with E-state index in [1.807, 2.05) is 37.4 Å². The van der Waals surface area contributed by atoms with E-state index < -0.39 is 0 Å². The Labute approximate surface area is 83.8 Å². The Morgan fingerprint density at radius 1 is 1.36 bits per heavy atom. The van der Waals surface area contributed by atoms with E-state index in [0.717, 1.165) is 23.4 Å². The first-order chi connectivity index (χ1) is 6.70. The molecule has 0 spiro atoms. The average molecular weight is 187 g/mol. The van der Waals surface area contributed by atoms with Crippen molar-refractivity contribution in [3.63, 3.8) is 0 Å². The highest BCUT2D eigenvalue weighted by atomic mass is 16.1. The van der Waals surface area contributed by atoms with Gasteiger partial charge in [-0.25, -0.2) is 0 Å². The summed E-state index contributed by atoms with van der Waals surface area (Å²) in [6, 6.07) is 8.01. The number of carbonyl (C=O) groups is 1. The van der Waals surface area contributed by atoms with E-state index in [2.05, 4.69) is 4.90 Å². The molecular weight excluding hydrogens is 174 g/mol. The largest absolute Gasteiger partial charge is 0.370 e. The maximum Gasteiger partial charge on any atom is 0.160 e. The van der Waals surface area contributed by atoms with Gasteiger partial charge in [0.2, 0.25) is 0 Å². The van der Waals surface area contributed by atoms with Crippen molar-refractivity contribution in [2.75, 3.05) is 18.5 Å². The molecule has 14 heavy (non-hydrogen) atoms. The summed E-state index contributed by atoms with van der Waals surface area (Å²) in [7, 11) is 2.03. The van der Waals surface area contributed by atoms with Gasteiger partial charge in [-0.1, -0.05) is 24.3 Å². The number of carbonyl (C=O) groups excluding carboxylic acids is 1. The summed E-state index contributed by atoms with van der Waals surface area (Å²) in [4.78, 5) is 13.5. The molecule has 1 heterocycles. The monoisotopic (exact) mass is 187 g/mol. The molecule has 0 atom stereocenters. The van der Waals surface area contributed by atoms with Gasteiger partial charge in [0.25, 0.3) is 0 Å². The zero-order valence-electron chi connectivity index (χ0n) is 8.45. The Bertz CT molecular complexity index is 407. The summed E-state index contributed by atoms with van der Waals surface area (Å²) < 4.78 is 0. The van der Waals surface area contributed by atoms with Crippen molar-refractivity contribution in [1.82, 2.24) is 0 Å². The normalized spacial score (nSPS) is 14.7. The fourth-order valence-corrected chi connectivity index (χ4v) is 1.80. The number of hydrogen-bond acceptors (Lipinski definition) is 2. The summed E-state index contributed by atoms with van der Waals surface area (Å²) in [5.41, 5.74) is 3.03. The van der Waals surface area contributed by atoms with E-state index in [4.69, 9.17) is 0 Å². The van der Waals surface area contributed by atoms with Crippen molar-refractivity contribution < 1.29 is 4.79 Å². The maximum absolute atomic E-state index is 11.4. The molecule has 1 aromatic rings. The second-order valence-electron chi connectivity index (χ2n) is 3.57. The van der Waals surface area contributed by atoms with Gasteiger partial charge in [-0.15, -0.1) is 0 Å². The number of rotatable bonds is 1. The SMILES string of the molecule is CC(=O)C1=CCN(C)c2ccccc21. The first kappa shape index (κ1) is 9.00. The topological polar surface area (TPSA) is 20.3 Å². The van der Waals surface area contributed by atoms with Crippen LogP contribution in [0.2, 0.25) is 0 Å². The number of Topliss-reactive ketones (excluding diaryl/α,β-unsaturated/α-hetero) is 1. The highest BCUT2D eigenvalue weighted by Crippen LogP contribution is 2.30. The number of benzene rings is 1. The Kier molecular flexibility index (Phi) is 2.12. The summed E-state index contributed by atoms with van der Waals surface area (Å²) in [5.74, 6) is 0.144. The molecule has 0 amide bonds. The zero-order chi connectivity index (χ0) is 10.1. The molecule has 1 aromatic carbocycles. The lowest BCUT2D eigenvalue weighted by Gasteiger charge is -2.26. The maximum atomic E-state index is 11.4. The first-order valence-corrected chi connectivity index (χ1v) is 4.72. The highest BCUT2D eigenvalue weighted by Gasteiger charge is 2.17. The van der Waals surface area contributed by atoms with E-state index in [-0.39, 0.29) is 5.78 Å². The number of likely N-dealkylation sites (N-methyl/N-ethyl adjacent to an activating group) is 1. The zero-order valence-corrected chi connectivity index (χ0v) is 8.45. The van der Waals surface area contributed by atoms with Crippen LogP contribution in [-0.2, 0) is 4.79 Å². The van der Waals surface area contributed by atoms with E-state index in [0.29, 0.717) is 0 Å². The molecule has 2 nitrogen and oxygen atoms in total. The summed E-state index contributed by atoms with van der Waals surface area (Å²) in [6.07, 6.45) is 1.99. The number of hydrogen-bond donors (Lipinski definition) is 0. The predicted octanol–water partition coefficient (Wildman–Crippen LogP) is 2.11. The third-order valence-electron chi connectivity index (χ3n) is 2.55. The minimum atomic E-state index is 0.144. The second-order valence-corrected chi connectivity index (χ2v) is 3.57. The van der Waals surface area contributed by atoms with Gasteiger partial charge < -0.3 is 4.90 Å². The van der Waals surface area contributed by atoms with Crippen LogP contribution in [0.5, 0.6) is 0 Å². The summed E-state index contributed by atoms with van der Waals surface area (Å²) >= 11 is 0. The van der Waals surface area contributed by atoms with E-state index in [9.17, 15) is 4.79 Å². The number of fused-ring (bicyclic) bond motifs is 1. The molecule has 0 bridgehead atoms. The Morgan fingerprint density at radius 2 is 2.07 bits per heavy atom. The van der Waals surface area contributed by atoms with Gasteiger partial charge in [0.15, 0.2) is 5.78 Å². The van der Waals surface area contributed by atoms with Crippen LogP contribution < -0.4 is 4.90 Å². The molecule has 0 saturated carbocycles. The molecule has 0 aliphatic carbocycles. The summed E-state index contributed by atoms with van der Waals surface area (Å²) in [5, 5.41) is 0. The standard InChI is InChI=1S/C12H13NO/c1-9(14)10-7-8-13(2)12-6-4-3-5-11(10)12/h3-7H,8H2,1-2H3. The van der Waals surface area contributed by atoms with Crippen LogP contribution in [0.1, 0.15) is 12.5 Å². The number of ketones is 1. The van der Waals surface area contributed by atoms with Gasteiger partial charge in [0.1, 0.15) is 0 Å². The number of nitrogens with zero attached hydrogens (tertiary/aromatic N) is 1. The third-order valence-corrected chi connectivity index (χ3v) is 2.55. The molecule has 72 valence electrons. The predicted molar refractivity (Wildman–Crippen MR) is 58.4 cm³/mol. The van der Waals surface area contributed by atoms with Gasteiger partial charge >= 0.3 is 0 Å². The quantitative estimate of drug-likeness (QED) is 0.671. The molecule has 2 rings (SSSR count). The third kappa shape index (κ3) is 1.33. The molecule has 2 heteroatoms. The molecule has 0 radical (unpaired) electrons. The van der Waals surface area contributed by atoms with Gasteiger partial charge in [-0.2, -0.15) is 0 Å². The lowest BCUT2D eigenvalue weighted by molar-refractivity contribution is -0.111. The second kappa shape index (κ2) is 3.29. The highest BCUT2D eigenvalue weighted by molar-refractivity contribution is 6.21. The van der Waals surface area contributed by atoms with Crippen LogP contribution in [0.3, 0.4) is 0 Å². The van der Waals surface area contributed by atoms with Crippen LogP contribution >= 0.6 is 0 Å². The number of anilines is 1. The fraction of sp³-hybridized carbons (Fsp3) is 0.250. The van der Waals surface area contributed by atoms with E-state index >= 15 is 0 Å². The molecule has 0 fully saturated rings. The number of para-hydroxylation sites is 1. The van der Waals surface area contributed by atoms with Crippen molar-refractivity contribution in [3.05, 3.63) is 35.9 Å². The Morgan fingerprint density at radius 3 is 2.79 bits per heavy atom. The Balaban J connectivity index is 2.56. The van der Waals surface area contributed by atoms with Crippen molar-refractivity contribution in [2.24, 2.45) is 0 Å². The van der Waals surface area contributed by atoms with Crippen LogP contribution in [0.15, 0.2) is 30.3 Å². The molecule has 1 aliphatic heterocycles. The van der Waals surface area contributed by atoms with Gasteiger partial charge in [0, 0.05) is 30.4 Å². The fourth-order valence-electron chi connectivity index (χ4n) is 1.80. The average Bonchev–Trinajstić information content (AvgIpc) is 2.18. The first-order valence-electron chi connectivity index (χ1n) is 4.72. The van der Waals surface area contributed by atoms with Crippen LogP contribution in [0.4, 0.5) is 5.69 Å².